The molecular formula is C20H18N4OS3. The lowest BCUT2D eigenvalue weighted by molar-refractivity contribution is 0.413. The Kier molecular flexibility index (Phi) is 5.09. The van der Waals surface area contributed by atoms with Crippen LogP contribution >= 0.6 is 34.4 Å². The van der Waals surface area contributed by atoms with Crippen molar-refractivity contribution in [2.75, 3.05) is 13.4 Å². The molecule has 1 unspecified atom stereocenters. The summed E-state index contributed by atoms with van der Waals surface area (Å²) in [6.07, 6.45) is 7.85. The van der Waals surface area contributed by atoms with Gasteiger partial charge >= 0.3 is 0 Å². The summed E-state index contributed by atoms with van der Waals surface area (Å²) in [5.41, 5.74) is 7.95. The SMILES string of the molecule is COc1cccc(C2(c3nc(-c4cc(C(=N)N)sc4SC)cs3)C=CC=N2)c1. The Bertz CT molecular complexity index is 1080. The number of nitrogens with two attached hydrogens (primary N) is 1. The van der Waals surface area contributed by atoms with Crippen molar-refractivity contribution in [2.24, 2.45) is 10.7 Å². The number of thiazole rings is 1. The second-order valence-electron chi connectivity index (χ2n) is 6.10. The number of nitrogen functional groups attached to an aromatic ring is 1. The van der Waals surface area contributed by atoms with E-state index >= 15 is 0 Å². The van der Waals surface area contributed by atoms with Crippen LogP contribution in [0.1, 0.15) is 15.4 Å². The van der Waals surface area contributed by atoms with E-state index in [9.17, 15) is 0 Å². The molecule has 1 aliphatic rings. The standard InChI is InChI=1S/C20H18N4OS3/c1-25-13-6-3-5-12(9-13)20(7-4-8-23-20)19-24-15(11-27-19)14-10-16(17(21)22)28-18(14)26-2/h3-11H,1-2H3,(H3,21,22). The summed E-state index contributed by atoms with van der Waals surface area (Å²) < 4.78 is 6.50. The highest BCUT2D eigenvalue weighted by atomic mass is 32.2. The number of aromatic nitrogens is 1. The molecule has 1 aliphatic heterocycles. The molecular weight excluding hydrogens is 408 g/mol. The predicted octanol–water partition coefficient (Wildman–Crippen LogP) is 4.77. The number of methoxy groups -OCH3 is 1. The molecule has 28 heavy (non-hydrogen) atoms. The minimum Gasteiger partial charge on any atom is -0.497 e. The van der Waals surface area contributed by atoms with Gasteiger partial charge in [0.15, 0.2) is 5.54 Å². The summed E-state index contributed by atoms with van der Waals surface area (Å²) in [5.74, 6) is 0.871. The van der Waals surface area contributed by atoms with Gasteiger partial charge in [-0.25, -0.2) is 4.98 Å². The van der Waals surface area contributed by atoms with Crippen LogP contribution in [0.4, 0.5) is 0 Å². The van der Waals surface area contributed by atoms with Crippen LogP contribution in [-0.4, -0.2) is 30.4 Å². The molecule has 1 atom stereocenters. The van der Waals surface area contributed by atoms with Gasteiger partial charge in [-0.2, -0.15) is 0 Å². The van der Waals surface area contributed by atoms with Crippen molar-refractivity contribution in [1.29, 1.82) is 5.41 Å². The first-order valence-electron chi connectivity index (χ1n) is 8.43. The third-order valence-corrected chi connectivity index (χ3v) is 7.74. The first kappa shape index (κ1) is 18.9. The van der Waals surface area contributed by atoms with E-state index in [1.807, 2.05) is 54.3 Å². The normalized spacial score (nSPS) is 17.9. The molecule has 4 rings (SSSR count). The molecule has 8 heteroatoms. The van der Waals surface area contributed by atoms with E-state index in [4.69, 9.17) is 25.9 Å². The number of nitrogens with zero attached hydrogens (tertiary/aromatic N) is 2. The van der Waals surface area contributed by atoms with E-state index in [-0.39, 0.29) is 5.84 Å². The minimum atomic E-state index is -0.642. The van der Waals surface area contributed by atoms with E-state index in [0.29, 0.717) is 0 Å². The highest BCUT2D eigenvalue weighted by molar-refractivity contribution is 8.00. The zero-order valence-electron chi connectivity index (χ0n) is 15.3. The van der Waals surface area contributed by atoms with Crippen LogP contribution < -0.4 is 10.5 Å². The van der Waals surface area contributed by atoms with Gasteiger partial charge in [-0.05, 0) is 42.2 Å². The van der Waals surface area contributed by atoms with Crippen molar-refractivity contribution in [3.05, 3.63) is 63.3 Å². The second kappa shape index (κ2) is 7.54. The number of hydrogen-bond donors (Lipinski definition) is 2. The maximum Gasteiger partial charge on any atom is 0.155 e. The van der Waals surface area contributed by atoms with Crippen LogP contribution in [0.2, 0.25) is 0 Å². The maximum atomic E-state index is 7.73. The van der Waals surface area contributed by atoms with Gasteiger partial charge in [-0.15, -0.1) is 34.4 Å². The third-order valence-electron chi connectivity index (χ3n) is 4.47. The molecule has 0 amide bonds. The van der Waals surface area contributed by atoms with E-state index in [0.717, 1.165) is 36.7 Å². The van der Waals surface area contributed by atoms with Gasteiger partial charge in [0.2, 0.25) is 0 Å². The Labute approximate surface area is 175 Å². The number of amidine groups is 1. The summed E-state index contributed by atoms with van der Waals surface area (Å²) >= 11 is 4.74. The van der Waals surface area contributed by atoms with Crippen LogP contribution in [-0.2, 0) is 5.54 Å². The number of thioether (sulfide) groups is 1. The average molecular weight is 427 g/mol. The topological polar surface area (TPSA) is 84.3 Å². The fraction of sp³-hybridized carbons (Fsp3) is 0.150. The summed E-state index contributed by atoms with van der Waals surface area (Å²) in [6, 6.07) is 9.88. The van der Waals surface area contributed by atoms with Crippen LogP contribution in [0.15, 0.2) is 57.1 Å². The second-order valence-corrected chi connectivity index (χ2v) is 9.09. The largest absolute Gasteiger partial charge is 0.497 e. The molecule has 142 valence electrons. The Morgan fingerprint density at radius 1 is 1.32 bits per heavy atom. The molecule has 0 aliphatic carbocycles. The van der Waals surface area contributed by atoms with Gasteiger partial charge in [0.05, 0.1) is 21.9 Å². The fourth-order valence-electron chi connectivity index (χ4n) is 3.08. The van der Waals surface area contributed by atoms with E-state index in [2.05, 4.69) is 6.08 Å². The van der Waals surface area contributed by atoms with Crippen molar-refractivity contribution in [3.63, 3.8) is 0 Å². The highest BCUT2D eigenvalue weighted by Gasteiger charge is 2.36. The molecule has 1 aromatic carbocycles. The maximum absolute atomic E-state index is 7.73. The van der Waals surface area contributed by atoms with Crippen molar-refractivity contribution >= 4 is 46.5 Å². The number of aliphatic imine (C=N–C) groups is 1. The third kappa shape index (κ3) is 3.17. The van der Waals surface area contributed by atoms with Gasteiger partial charge in [0, 0.05) is 17.2 Å². The molecule has 0 saturated carbocycles. The first-order valence-corrected chi connectivity index (χ1v) is 11.4. The van der Waals surface area contributed by atoms with Gasteiger partial charge in [-0.3, -0.25) is 10.4 Å². The zero-order valence-corrected chi connectivity index (χ0v) is 17.8. The van der Waals surface area contributed by atoms with E-state index in [1.165, 1.54) is 11.3 Å². The van der Waals surface area contributed by atoms with Crippen LogP contribution in [0, 0.1) is 5.41 Å². The smallest absolute Gasteiger partial charge is 0.155 e. The molecule has 0 fully saturated rings. The molecule has 2 aromatic heterocycles. The van der Waals surface area contributed by atoms with Crippen molar-refractivity contribution < 1.29 is 4.74 Å². The lowest BCUT2D eigenvalue weighted by Crippen LogP contribution is -2.20. The highest BCUT2D eigenvalue weighted by Crippen LogP contribution is 2.43. The number of hydrogen-bond acceptors (Lipinski definition) is 7. The molecule has 0 spiro atoms. The van der Waals surface area contributed by atoms with Crippen LogP contribution in [0.3, 0.4) is 0 Å². The number of ether oxygens (including phenoxy) is 1. The van der Waals surface area contributed by atoms with E-state index in [1.54, 1.807) is 30.2 Å². The molecule has 0 bridgehead atoms. The Hall–Kier alpha value is -2.42. The van der Waals surface area contributed by atoms with Gasteiger partial charge < -0.3 is 10.5 Å². The molecule has 0 radical (unpaired) electrons. The van der Waals surface area contributed by atoms with Gasteiger partial charge in [0.25, 0.3) is 0 Å². The van der Waals surface area contributed by atoms with Crippen LogP contribution in [0.25, 0.3) is 11.3 Å². The summed E-state index contributed by atoms with van der Waals surface area (Å²) in [6.45, 7) is 0. The minimum absolute atomic E-state index is 0.0816. The van der Waals surface area contributed by atoms with E-state index < -0.39 is 5.54 Å². The fourth-order valence-corrected chi connectivity index (χ4v) is 5.79. The monoisotopic (exact) mass is 426 g/mol. The lowest BCUT2D eigenvalue weighted by Gasteiger charge is -2.22. The first-order chi connectivity index (χ1) is 13.6. The van der Waals surface area contributed by atoms with Crippen molar-refractivity contribution in [2.45, 2.75) is 9.75 Å². The molecule has 3 N–H and O–H groups in total. The van der Waals surface area contributed by atoms with Crippen molar-refractivity contribution in [3.8, 4) is 17.0 Å². The van der Waals surface area contributed by atoms with Gasteiger partial charge in [0.1, 0.15) is 16.6 Å². The number of allylic oxidation sites excluding steroid dienone is 1. The van der Waals surface area contributed by atoms with Gasteiger partial charge in [-0.1, -0.05) is 12.1 Å². The van der Waals surface area contributed by atoms with Crippen molar-refractivity contribution in [1.82, 2.24) is 4.98 Å². The number of thiophene rings is 1. The Balaban J connectivity index is 1.80. The zero-order chi connectivity index (χ0) is 19.7. The Morgan fingerprint density at radius 3 is 2.86 bits per heavy atom. The number of benzene rings is 1. The molecule has 5 nitrogen and oxygen atoms in total. The predicted molar refractivity (Wildman–Crippen MR) is 120 cm³/mol. The number of nitrogens with one attached hydrogen (secondary N) is 1. The molecule has 3 aromatic rings. The molecule has 0 saturated heterocycles. The summed E-state index contributed by atoms with van der Waals surface area (Å²) in [5, 5.41) is 10.7. The quantitative estimate of drug-likeness (QED) is 0.338. The number of rotatable bonds is 6. The Morgan fingerprint density at radius 2 is 2.18 bits per heavy atom. The summed E-state index contributed by atoms with van der Waals surface area (Å²) in [4.78, 5) is 10.5. The lowest BCUT2D eigenvalue weighted by atomic mass is 9.91. The molecule has 3 heterocycles. The summed E-state index contributed by atoms with van der Waals surface area (Å²) in [7, 11) is 1.66. The average Bonchev–Trinajstić information content (AvgIpc) is 3.46. The van der Waals surface area contributed by atoms with Crippen LogP contribution in [0.5, 0.6) is 5.75 Å².